The van der Waals surface area contributed by atoms with Crippen LogP contribution in [0, 0.1) is 0 Å². The van der Waals surface area contributed by atoms with Crippen LogP contribution in [0.3, 0.4) is 0 Å². The highest BCUT2D eigenvalue weighted by Gasteiger charge is 2.33. The van der Waals surface area contributed by atoms with Crippen molar-refractivity contribution in [3.8, 4) is 0 Å². The van der Waals surface area contributed by atoms with Gasteiger partial charge < -0.3 is 4.90 Å². The third-order valence-corrected chi connectivity index (χ3v) is 5.78. The summed E-state index contributed by atoms with van der Waals surface area (Å²) in [5, 5.41) is 4.29. The van der Waals surface area contributed by atoms with E-state index in [4.69, 9.17) is 0 Å². The lowest BCUT2D eigenvalue weighted by Gasteiger charge is -2.36. The molecule has 0 saturated carbocycles. The summed E-state index contributed by atoms with van der Waals surface area (Å²) in [6.07, 6.45) is 7.27. The SMILES string of the molecule is C[C@@H](C(=O)N1CCc2ccccc21)N1CCC(c2cnn(C)c2)CC1. The molecule has 1 fully saturated rings. The summed E-state index contributed by atoms with van der Waals surface area (Å²) in [6.45, 7) is 4.83. The molecular weight excluding hydrogens is 312 g/mol. The Morgan fingerprint density at radius 2 is 1.96 bits per heavy atom. The number of benzene rings is 1. The predicted octanol–water partition coefficient (Wildman–Crippen LogP) is 2.58. The molecule has 2 aliphatic rings. The van der Waals surface area contributed by atoms with E-state index in [-0.39, 0.29) is 11.9 Å². The number of rotatable bonds is 3. The molecule has 0 N–H and O–H groups in total. The highest BCUT2D eigenvalue weighted by atomic mass is 16.2. The van der Waals surface area contributed by atoms with E-state index in [1.165, 1.54) is 11.1 Å². The first-order valence-corrected chi connectivity index (χ1v) is 9.25. The lowest BCUT2D eigenvalue weighted by molar-refractivity contribution is -0.123. The van der Waals surface area contributed by atoms with Gasteiger partial charge in [-0.05, 0) is 62.4 Å². The maximum absolute atomic E-state index is 13.0. The minimum Gasteiger partial charge on any atom is -0.310 e. The van der Waals surface area contributed by atoms with Crippen LogP contribution in [-0.4, -0.2) is 46.3 Å². The van der Waals surface area contributed by atoms with Crippen LogP contribution in [0.1, 0.15) is 36.8 Å². The molecule has 0 spiro atoms. The maximum Gasteiger partial charge on any atom is 0.244 e. The quantitative estimate of drug-likeness (QED) is 0.864. The molecule has 132 valence electrons. The third kappa shape index (κ3) is 3.09. The van der Waals surface area contributed by atoms with E-state index in [9.17, 15) is 4.79 Å². The van der Waals surface area contributed by atoms with Crippen molar-refractivity contribution in [1.29, 1.82) is 0 Å². The number of nitrogens with zero attached hydrogens (tertiary/aromatic N) is 4. The van der Waals surface area contributed by atoms with Crippen LogP contribution in [0.4, 0.5) is 5.69 Å². The van der Waals surface area contributed by atoms with Gasteiger partial charge in [-0.1, -0.05) is 18.2 Å². The van der Waals surface area contributed by atoms with Gasteiger partial charge in [-0.2, -0.15) is 5.10 Å². The van der Waals surface area contributed by atoms with Gasteiger partial charge in [0.15, 0.2) is 0 Å². The van der Waals surface area contributed by atoms with E-state index in [1.807, 2.05) is 28.9 Å². The number of aromatic nitrogens is 2. The zero-order valence-corrected chi connectivity index (χ0v) is 15.1. The molecular formula is C20H26N4O. The highest BCUT2D eigenvalue weighted by molar-refractivity contribution is 5.98. The predicted molar refractivity (Wildman–Crippen MR) is 98.7 cm³/mol. The number of hydrogen-bond donors (Lipinski definition) is 0. The first-order chi connectivity index (χ1) is 12.1. The number of hydrogen-bond acceptors (Lipinski definition) is 3. The Balaban J connectivity index is 1.39. The van der Waals surface area contributed by atoms with Crippen molar-refractivity contribution >= 4 is 11.6 Å². The molecule has 0 unspecified atom stereocenters. The Morgan fingerprint density at radius 1 is 1.20 bits per heavy atom. The number of carbonyl (C=O) groups is 1. The number of aryl methyl sites for hydroxylation is 1. The number of likely N-dealkylation sites (tertiary alicyclic amines) is 1. The molecule has 25 heavy (non-hydrogen) atoms. The normalized spacial score (nSPS) is 19.8. The van der Waals surface area contributed by atoms with Gasteiger partial charge >= 0.3 is 0 Å². The molecule has 0 aliphatic carbocycles. The van der Waals surface area contributed by atoms with Crippen LogP contribution in [0.25, 0.3) is 0 Å². The number of anilines is 1. The number of piperidine rings is 1. The van der Waals surface area contributed by atoms with E-state index in [2.05, 4.69) is 41.3 Å². The average Bonchev–Trinajstić information content (AvgIpc) is 3.27. The van der Waals surface area contributed by atoms with Gasteiger partial charge in [0.1, 0.15) is 0 Å². The zero-order valence-electron chi connectivity index (χ0n) is 15.1. The fourth-order valence-corrected chi connectivity index (χ4v) is 4.22. The van der Waals surface area contributed by atoms with Gasteiger partial charge in [0.25, 0.3) is 0 Å². The molecule has 1 atom stereocenters. The van der Waals surface area contributed by atoms with Crippen LogP contribution in [-0.2, 0) is 18.3 Å². The standard InChI is InChI=1S/C20H26N4O/c1-15(20(25)24-12-9-17-5-3-4-6-19(17)24)23-10-7-16(8-11-23)18-13-21-22(2)14-18/h3-6,13-16H,7-12H2,1-2H3/t15-/m0/s1. The summed E-state index contributed by atoms with van der Waals surface area (Å²) in [4.78, 5) is 17.4. The minimum absolute atomic E-state index is 0.0546. The highest BCUT2D eigenvalue weighted by Crippen LogP contribution is 2.31. The summed E-state index contributed by atoms with van der Waals surface area (Å²) in [5.74, 6) is 0.810. The Bertz CT molecular complexity index is 761. The fourth-order valence-electron chi connectivity index (χ4n) is 4.22. The molecule has 1 saturated heterocycles. The van der Waals surface area contributed by atoms with Crippen molar-refractivity contribution in [1.82, 2.24) is 14.7 Å². The molecule has 1 aromatic carbocycles. The molecule has 2 aliphatic heterocycles. The zero-order chi connectivity index (χ0) is 17.4. The molecule has 1 aromatic heterocycles. The number of carbonyl (C=O) groups excluding carboxylic acids is 1. The summed E-state index contributed by atoms with van der Waals surface area (Å²) < 4.78 is 1.87. The van der Waals surface area contributed by atoms with Crippen molar-refractivity contribution in [2.75, 3.05) is 24.5 Å². The van der Waals surface area contributed by atoms with Crippen LogP contribution >= 0.6 is 0 Å². The summed E-state index contributed by atoms with van der Waals surface area (Å²) >= 11 is 0. The second-order valence-corrected chi connectivity index (χ2v) is 7.30. The maximum atomic E-state index is 13.0. The molecule has 2 aromatic rings. The fraction of sp³-hybridized carbons (Fsp3) is 0.500. The van der Waals surface area contributed by atoms with Crippen LogP contribution in [0.15, 0.2) is 36.7 Å². The molecule has 1 amide bonds. The van der Waals surface area contributed by atoms with E-state index in [0.717, 1.165) is 44.6 Å². The molecule has 0 bridgehead atoms. The third-order valence-electron chi connectivity index (χ3n) is 5.78. The van der Waals surface area contributed by atoms with Crippen LogP contribution in [0.2, 0.25) is 0 Å². The number of fused-ring (bicyclic) bond motifs is 1. The van der Waals surface area contributed by atoms with Crippen molar-refractivity contribution < 1.29 is 4.79 Å². The summed E-state index contributed by atoms with van der Waals surface area (Å²) in [7, 11) is 1.97. The van der Waals surface area contributed by atoms with Gasteiger partial charge in [-0.25, -0.2) is 0 Å². The first-order valence-electron chi connectivity index (χ1n) is 9.25. The van der Waals surface area contributed by atoms with Crippen molar-refractivity contribution in [2.24, 2.45) is 7.05 Å². The molecule has 4 rings (SSSR count). The lowest BCUT2D eigenvalue weighted by atomic mass is 9.91. The number of amides is 1. The second-order valence-electron chi connectivity index (χ2n) is 7.30. The number of para-hydroxylation sites is 1. The first kappa shape index (κ1) is 16.3. The van der Waals surface area contributed by atoms with Gasteiger partial charge in [-0.3, -0.25) is 14.4 Å². The molecule has 3 heterocycles. The summed E-state index contributed by atoms with van der Waals surface area (Å²) in [5.41, 5.74) is 3.72. The van der Waals surface area contributed by atoms with Gasteiger partial charge in [0, 0.05) is 25.5 Å². The van der Waals surface area contributed by atoms with E-state index in [0.29, 0.717) is 5.92 Å². The molecule has 5 heteroatoms. The van der Waals surface area contributed by atoms with Crippen molar-refractivity contribution in [2.45, 2.75) is 38.1 Å². The molecule has 0 radical (unpaired) electrons. The average molecular weight is 338 g/mol. The largest absolute Gasteiger partial charge is 0.310 e. The van der Waals surface area contributed by atoms with E-state index < -0.39 is 0 Å². The Morgan fingerprint density at radius 3 is 2.68 bits per heavy atom. The Kier molecular flexibility index (Phi) is 4.34. The van der Waals surface area contributed by atoms with E-state index in [1.54, 1.807) is 0 Å². The smallest absolute Gasteiger partial charge is 0.244 e. The van der Waals surface area contributed by atoms with Crippen molar-refractivity contribution in [3.63, 3.8) is 0 Å². The molecule has 5 nitrogen and oxygen atoms in total. The minimum atomic E-state index is -0.0546. The summed E-state index contributed by atoms with van der Waals surface area (Å²) in [6, 6.07) is 8.23. The monoisotopic (exact) mass is 338 g/mol. The van der Waals surface area contributed by atoms with Gasteiger partial charge in [0.2, 0.25) is 5.91 Å². The lowest BCUT2D eigenvalue weighted by Crippen LogP contribution is -2.49. The van der Waals surface area contributed by atoms with Crippen LogP contribution in [0.5, 0.6) is 0 Å². The Labute approximate surface area is 149 Å². The van der Waals surface area contributed by atoms with Crippen LogP contribution < -0.4 is 4.90 Å². The van der Waals surface area contributed by atoms with Crippen molar-refractivity contribution in [3.05, 3.63) is 47.8 Å². The van der Waals surface area contributed by atoms with E-state index >= 15 is 0 Å². The van der Waals surface area contributed by atoms with Gasteiger partial charge in [0.05, 0.1) is 12.2 Å². The second kappa shape index (κ2) is 6.64. The Hall–Kier alpha value is -2.14. The topological polar surface area (TPSA) is 41.4 Å². The van der Waals surface area contributed by atoms with Gasteiger partial charge in [-0.15, -0.1) is 0 Å².